The molecule has 0 bridgehead atoms. The van der Waals surface area contributed by atoms with Crippen molar-refractivity contribution >= 4 is 45.5 Å². The van der Waals surface area contributed by atoms with Crippen molar-refractivity contribution in [1.29, 1.82) is 0 Å². The number of carbonyl (C=O) groups is 1. The highest BCUT2D eigenvalue weighted by molar-refractivity contribution is 7.98. The van der Waals surface area contributed by atoms with E-state index in [0.29, 0.717) is 10.0 Å². The Labute approximate surface area is 134 Å². The number of anilines is 1. The Bertz CT molecular complexity index is 808. The van der Waals surface area contributed by atoms with Gasteiger partial charge in [0.2, 0.25) is 0 Å². The maximum absolute atomic E-state index is 12.1. The molecule has 0 fully saturated rings. The van der Waals surface area contributed by atoms with Crippen LogP contribution in [0.3, 0.4) is 0 Å². The SMILES string of the molecule is O=C(Nc1nc2c(s1)CSc1ccccc1-2)c1cccs1. The molecular formula is C15H10N2OS3. The van der Waals surface area contributed by atoms with Crippen LogP contribution in [0.1, 0.15) is 14.5 Å². The lowest BCUT2D eigenvalue weighted by molar-refractivity contribution is 0.103. The van der Waals surface area contributed by atoms with Crippen molar-refractivity contribution in [3.05, 3.63) is 51.5 Å². The normalized spacial score (nSPS) is 12.6. The average molecular weight is 330 g/mol. The number of hydrogen-bond donors (Lipinski definition) is 1. The Kier molecular flexibility index (Phi) is 3.29. The summed E-state index contributed by atoms with van der Waals surface area (Å²) in [6.07, 6.45) is 0. The molecule has 0 aliphatic carbocycles. The van der Waals surface area contributed by atoms with Gasteiger partial charge in [0, 0.05) is 21.1 Å². The summed E-state index contributed by atoms with van der Waals surface area (Å²) in [6.45, 7) is 0. The molecule has 0 radical (unpaired) electrons. The Hall–Kier alpha value is -1.63. The van der Waals surface area contributed by atoms with Crippen LogP contribution in [0.2, 0.25) is 0 Å². The van der Waals surface area contributed by atoms with E-state index in [1.165, 1.54) is 21.1 Å². The third kappa shape index (κ3) is 2.39. The predicted octanol–water partition coefficient (Wildman–Crippen LogP) is 4.73. The zero-order valence-electron chi connectivity index (χ0n) is 10.8. The summed E-state index contributed by atoms with van der Waals surface area (Å²) in [5.41, 5.74) is 2.17. The van der Waals surface area contributed by atoms with E-state index in [1.807, 2.05) is 41.4 Å². The Morgan fingerprint density at radius 2 is 2.10 bits per heavy atom. The molecule has 1 N–H and O–H groups in total. The van der Waals surface area contributed by atoms with Crippen LogP contribution in [-0.4, -0.2) is 10.9 Å². The molecule has 3 aromatic rings. The minimum atomic E-state index is -0.0861. The van der Waals surface area contributed by atoms with E-state index >= 15 is 0 Å². The van der Waals surface area contributed by atoms with E-state index in [0.717, 1.165) is 17.0 Å². The number of benzene rings is 1. The fourth-order valence-electron chi connectivity index (χ4n) is 2.21. The lowest BCUT2D eigenvalue weighted by Gasteiger charge is -2.13. The van der Waals surface area contributed by atoms with Crippen LogP contribution in [0.15, 0.2) is 46.7 Å². The fourth-order valence-corrected chi connectivity index (χ4v) is 4.93. The first-order valence-corrected chi connectivity index (χ1v) is 9.06. The van der Waals surface area contributed by atoms with Crippen LogP contribution in [-0.2, 0) is 5.75 Å². The summed E-state index contributed by atoms with van der Waals surface area (Å²) in [5.74, 6) is 0.829. The van der Waals surface area contributed by atoms with Crippen molar-refractivity contribution < 1.29 is 4.79 Å². The van der Waals surface area contributed by atoms with Gasteiger partial charge in [-0.1, -0.05) is 24.3 Å². The van der Waals surface area contributed by atoms with Crippen LogP contribution in [0.5, 0.6) is 0 Å². The van der Waals surface area contributed by atoms with Crippen molar-refractivity contribution in [3.63, 3.8) is 0 Å². The van der Waals surface area contributed by atoms with E-state index < -0.39 is 0 Å². The number of thioether (sulfide) groups is 1. The molecule has 1 aromatic carbocycles. The van der Waals surface area contributed by atoms with Crippen LogP contribution in [0.25, 0.3) is 11.3 Å². The highest BCUT2D eigenvalue weighted by atomic mass is 32.2. The second kappa shape index (κ2) is 5.29. The summed E-state index contributed by atoms with van der Waals surface area (Å²) >= 11 is 4.82. The maximum atomic E-state index is 12.1. The maximum Gasteiger partial charge on any atom is 0.267 e. The van der Waals surface area contributed by atoms with Gasteiger partial charge < -0.3 is 0 Å². The zero-order valence-corrected chi connectivity index (χ0v) is 13.3. The summed E-state index contributed by atoms with van der Waals surface area (Å²) in [4.78, 5) is 19.9. The van der Waals surface area contributed by atoms with E-state index in [2.05, 4.69) is 22.4 Å². The molecule has 2 aromatic heterocycles. The van der Waals surface area contributed by atoms with Crippen LogP contribution in [0, 0.1) is 0 Å². The number of thiazole rings is 1. The minimum Gasteiger partial charge on any atom is -0.297 e. The van der Waals surface area contributed by atoms with Gasteiger partial charge in [-0.3, -0.25) is 10.1 Å². The quantitative estimate of drug-likeness (QED) is 0.738. The van der Waals surface area contributed by atoms with Gasteiger partial charge in [0.15, 0.2) is 5.13 Å². The van der Waals surface area contributed by atoms with Gasteiger partial charge in [0.1, 0.15) is 0 Å². The molecule has 1 aliphatic rings. The second-order valence-corrected chi connectivity index (χ2v) is 7.56. The number of aromatic nitrogens is 1. The third-order valence-electron chi connectivity index (χ3n) is 3.16. The van der Waals surface area contributed by atoms with Crippen molar-refractivity contribution in [1.82, 2.24) is 4.98 Å². The van der Waals surface area contributed by atoms with Crippen LogP contribution < -0.4 is 5.32 Å². The summed E-state index contributed by atoms with van der Waals surface area (Å²) in [5, 5.41) is 5.48. The first-order chi connectivity index (χ1) is 10.3. The molecule has 0 unspecified atom stereocenters. The van der Waals surface area contributed by atoms with E-state index in [9.17, 15) is 4.79 Å². The zero-order chi connectivity index (χ0) is 14.2. The number of nitrogens with zero attached hydrogens (tertiary/aromatic N) is 1. The molecular weight excluding hydrogens is 320 g/mol. The number of fused-ring (bicyclic) bond motifs is 3. The molecule has 104 valence electrons. The monoisotopic (exact) mass is 330 g/mol. The molecule has 1 aliphatic heterocycles. The number of hydrogen-bond acceptors (Lipinski definition) is 5. The number of nitrogens with one attached hydrogen (secondary N) is 1. The van der Waals surface area contributed by atoms with Gasteiger partial charge in [-0.05, 0) is 17.5 Å². The van der Waals surface area contributed by atoms with Crippen molar-refractivity contribution in [2.24, 2.45) is 0 Å². The van der Waals surface area contributed by atoms with Gasteiger partial charge in [0.05, 0.1) is 10.6 Å². The molecule has 0 saturated heterocycles. The fraction of sp³-hybridized carbons (Fsp3) is 0.0667. The molecule has 3 nitrogen and oxygen atoms in total. The second-order valence-electron chi connectivity index (χ2n) is 4.51. The minimum absolute atomic E-state index is 0.0861. The Balaban J connectivity index is 1.66. The molecule has 0 atom stereocenters. The topological polar surface area (TPSA) is 42.0 Å². The molecule has 3 heterocycles. The van der Waals surface area contributed by atoms with E-state index in [4.69, 9.17) is 0 Å². The largest absolute Gasteiger partial charge is 0.297 e. The highest BCUT2D eigenvalue weighted by Gasteiger charge is 2.21. The standard InChI is InChI=1S/C15H10N2OS3/c18-14(11-6-3-7-19-11)17-15-16-13-9-4-1-2-5-10(9)20-8-12(13)21-15/h1-7H,8H2,(H,16,17,18). The van der Waals surface area contributed by atoms with Gasteiger partial charge in [-0.25, -0.2) is 4.98 Å². The number of amides is 1. The van der Waals surface area contributed by atoms with Gasteiger partial charge in [-0.2, -0.15) is 0 Å². The summed E-state index contributed by atoms with van der Waals surface area (Å²) in [7, 11) is 0. The predicted molar refractivity (Wildman–Crippen MR) is 89.4 cm³/mol. The average Bonchev–Trinajstić information content (AvgIpc) is 3.16. The van der Waals surface area contributed by atoms with Crippen LogP contribution in [0.4, 0.5) is 5.13 Å². The molecule has 1 amide bonds. The van der Waals surface area contributed by atoms with E-state index in [-0.39, 0.29) is 5.91 Å². The molecule has 6 heteroatoms. The molecule has 4 rings (SSSR count). The first kappa shape index (κ1) is 13.1. The summed E-state index contributed by atoms with van der Waals surface area (Å²) < 4.78 is 0. The molecule has 0 spiro atoms. The van der Waals surface area contributed by atoms with Gasteiger partial charge in [0.25, 0.3) is 5.91 Å². The smallest absolute Gasteiger partial charge is 0.267 e. The third-order valence-corrected chi connectivity index (χ3v) is 6.29. The lowest BCUT2D eigenvalue weighted by Crippen LogP contribution is -2.09. The summed E-state index contributed by atoms with van der Waals surface area (Å²) in [6, 6.07) is 12.0. The number of carbonyl (C=O) groups excluding carboxylic acids is 1. The van der Waals surface area contributed by atoms with Gasteiger partial charge >= 0.3 is 0 Å². The number of rotatable bonds is 2. The van der Waals surface area contributed by atoms with Crippen molar-refractivity contribution in [2.75, 3.05) is 5.32 Å². The van der Waals surface area contributed by atoms with Gasteiger partial charge in [-0.15, -0.1) is 34.4 Å². The Morgan fingerprint density at radius 3 is 2.95 bits per heavy atom. The highest BCUT2D eigenvalue weighted by Crippen LogP contribution is 2.44. The van der Waals surface area contributed by atoms with Crippen LogP contribution >= 0.6 is 34.4 Å². The van der Waals surface area contributed by atoms with E-state index in [1.54, 1.807) is 11.3 Å². The van der Waals surface area contributed by atoms with Crippen molar-refractivity contribution in [3.8, 4) is 11.3 Å². The number of thiophene rings is 1. The Morgan fingerprint density at radius 1 is 1.19 bits per heavy atom. The molecule has 0 saturated carbocycles. The lowest BCUT2D eigenvalue weighted by atomic mass is 10.1. The molecule has 21 heavy (non-hydrogen) atoms. The first-order valence-electron chi connectivity index (χ1n) is 6.38. The van der Waals surface area contributed by atoms with Crippen molar-refractivity contribution in [2.45, 2.75) is 10.6 Å².